The molecular weight excluding hydrogens is 230 g/mol. The Balaban J connectivity index is 2.85. The second-order valence-corrected chi connectivity index (χ2v) is 5.35. The Morgan fingerprint density at radius 3 is 1.65 bits per heavy atom. The van der Waals surface area contributed by atoms with Crippen molar-refractivity contribution in [2.45, 2.75) is 77.6 Å². The number of alkyl halides is 1. The van der Waals surface area contributed by atoms with Crippen LogP contribution >= 0.6 is 11.6 Å². The molecule has 1 N–H and O–H groups in total. The topological polar surface area (TPSA) is 12.0 Å². The Bertz CT molecular complexity index is 114. The minimum Gasteiger partial charge on any atom is -0.317 e. The van der Waals surface area contributed by atoms with Gasteiger partial charge in [0.2, 0.25) is 0 Å². The summed E-state index contributed by atoms with van der Waals surface area (Å²) >= 11 is 5.63. The molecule has 2 heteroatoms. The third-order valence-electron chi connectivity index (χ3n) is 3.19. The van der Waals surface area contributed by atoms with Crippen molar-refractivity contribution in [2.24, 2.45) is 0 Å². The van der Waals surface area contributed by atoms with Crippen LogP contribution in [0.15, 0.2) is 0 Å². The molecule has 0 unspecified atom stereocenters. The molecule has 0 spiro atoms. The summed E-state index contributed by atoms with van der Waals surface area (Å²) in [5.74, 6) is 0.825. The van der Waals surface area contributed by atoms with E-state index in [9.17, 15) is 0 Å². The highest BCUT2D eigenvalue weighted by molar-refractivity contribution is 6.17. The predicted octanol–water partition coefficient (Wildman–Crippen LogP) is 5.13. The van der Waals surface area contributed by atoms with E-state index in [2.05, 4.69) is 12.2 Å². The molecule has 0 rings (SSSR count). The van der Waals surface area contributed by atoms with E-state index >= 15 is 0 Å². The first kappa shape index (κ1) is 17.2. The van der Waals surface area contributed by atoms with Crippen molar-refractivity contribution < 1.29 is 0 Å². The van der Waals surface area contributed by atoms with Gasteiger partial charge in [-0.25, -0.2) is 0 Å². The summed E-state index contributed by atoms with van der Waals surface area (Å²) in [5.41, 5.74) is 0. The van der Waals surface area contributed by atoms with Gasteiger partial charge in [0.1, 0.15) is 0 Å². The molecular formula is C15H32ClN. The zero-order valence-corrected chi connectivity index (χ0v) is 12.5. The Kier molecular flexibility index (Phi) is 16.5. The molecule has 0 radical (unpaired) electrons. The SMILES string of the molecule is CCCCCCCCCNCCCCCCCl. The molecule has 0 heterocycles. The second kappa shape index (κ2) is 16.2. The van der Waals surface area contributed by atoms with E-state index in [4.69, 9.17) is 11.6 Å². The van der Waals surface area contributed by atoms with Gasteiger partial charge in [-0.15, -0.1) is 11.6 Å². The van der Waals surface area contributed by atoms with Gasteiger partial charge in [-0.2, -0.15) is 0 Å². The van der Waals surface area contributed by atoms with Gasteiger partial charge < -0.3 is 5.32 Å². The maximum absolute atomic E-state index is 5.63. The average molecular weight is 262 g/mol. The average Bonchev–Trinajstić information content (AvgIpc) is 2.35. The van der Waals surface area contributed by atoms with Crippen LogP contribution in [0.25, 0.3) is 0 Å². The van der Waals surface area contributed by atoms with Gasteiger partial charge in [-0.05, 0) is 32.4 Å². The third-order valence-corrected chi connectivity index (χ3v) is 3.46. The van der Waals surface area contributed by atoms with Crippen LogP contribution in [0.2, 0.25) is 0 Å². The summed E-state index contributed by atoms with van der Waals surface area (Å²) in [5, 5.41) is 3.53. The Labute approximate surface area is 114 Å². The highest BCUT2D eigenvalue weighted by Crippen LogP contribution is 2.06. The van der Waals surface area contributed by atoms with Crippen molar-refractivity contribution in [3.8, 4) is 0 Å². The lowest BCUT2D eigenvalue weighted by molar-refractivity contribution is 0.547. The van der Waals surface area contributed by atoms with Crippen molar-refractivity contribution >= 4 is 11.6 Å². The van der Waals surface area contributed by atoms with Crippen LogP contribution in [0, 0.1) is 0 Å². The van der Waals surface area contributed by atoms with Crippen LogP contribution in [-0.2, 0) is 0 Å². The van der Waals surface area contributed by atoms with E-state index in [1.54, 1.807) is 0 Å². The number of hydrogen-bond donors (Lipinski definition) is 1. The molecule has 0 aromatic heterocycles. The fraction of sp³-hybridized carbons (Fsp3) is 1.00. The number of halogens is 1. The van der Waals surface area contributed by atoms with Crippen LogP contribution in [0.4, 0.5) is 0 Å². The predicted molar refractivity (Wildman–Crippen MR) is 80.1 cm³/mol. The Morgan fingerprint density at radius 2 is 1.12 bits per heavy atom. The first-order valence-electron chi connectivity index (χ1n) is 7.68. The first-order chi connectivity index (χ1) is 8.41. The van der Waals surface area contributed by atoms with E-state index in [0.717, 1.165) is 5.88 Å². The summed E-state index contributed by atoms with van der Waals surface area (Å²) in [6.07, 6.45) is 14.9. The molecule has 0 atom stereocenters. The molecule has 1 nitrogen and oxygen atoms in total. The Morgan fingerprint density at radius 1 is 0.647 bits per heavy atom. The molecule has 0 aliphatic carbocycles. The fourth-order valence-corrected chi connectivity index (χ4v) is 2.22. The molecule has 0 aromatic carbocycles. The van der Waals surface area contributed by atoms with Gasteiger partial charge in [-0.1, -0.05) is 58.3 Å². The van der Waals surface area contributed by atoms with Crippen molar-refractivity contribution in [3.63, 3.8) is 0 Å². The normalized spacial score (nSPS) is 10.9. The van der Waals surface area contributed by atoms with Gasteiger partial charge in [0.05, 0.1) is 0 Å². The fourth-order valence-electron chi connectivity index (χ4n) is 2.03. The minimum atomic E-state index is 0.825. The molecule has 0 amide bonds. The first-order valence-corrected chi connectivity index (χ1v) is 8.22. The summed E-state index contributed by atoms with van der Waals surface area (Å²) in [7, 11) is 0. The monoisotopic (exact) mass is 261 g/mol. The molecule has 0 aromatic rings. The van der Waals surface area contributed by atoms with E-state index in [-0.39, 0.29) is 0 Å². The number of unbranched alkanes of at least 4 members (excludes halogenated alkanes) is 9. The van der Waals surface area contributed by atoms with Crippen molar-refractivity contribution in [1.82, 2.24) is 5.32 Å². The second-order valence-electron chi connectivity index (χ2n) is 4.97. The number of hydrogen-bond acceptors (Lipinski definition) is 1. The van der Waals surface area contributed by atoms with E-state index in [1.807, 2.05) is 0 Å². The van der Waals surface area contributed by atoms with Gasteiger partial charge in [0.15, 0.2) is 0 Å². The van der Waals surface area contributed by atoms with Crippen LogP contribution in [0.3, 0.4) is 0 Å². The minimum absolute atomic E-state index is 0.825. The van der Waals surface area contributed by atoms with Gasteiger partial charge in [0.25, 0.3) is 0 Å². The van der Waals surface area contributed by atoms with Crippen LogP contribution in [0.1, 0.15) is 77.6 Å². The van der Waals surface area contributed by atoms with Crippen molar-refractivity contribution in [2.75, 3.05) is 19.0 Å². The van der Waals surface area contributed by atoms with Crippen molar-refractivity contribution in [3.05, 3.63) is 0 Å². The molecule has 0 saturated heterocycles. The molecule has 0 fully saturated rings. The lowest BCUT2D eigenvalue weighted by Crippen LogP contribution is -2.16. The Hall–Kier alpha value is 0.250. The lowest BCUT2D eigenvalue weighted by atomic mass is 10.1. The molecule has 0 aliphatic heterocycles. The highest BCUT2D eigenvalue weighted by Gasteiger charge is 1.92. The molecule has 104 valence electrons. The molecule has 0 bridgehead atoms. The zero-order valence-electron chi connectivity index (χ0n) is 11.8. The van der Waals surface area contributed by atoms with Gasteiger partial charge in [0, 0.05) is 5.88 Å². The lowest BCUT2D eigenvalue weighted by Gasteiger charge is -2.04. The van der Waals surface area contributed by atoms with Crippen LogP contribution in [-0.4, -0.2) is 19.0 Å². The standard InChI is InChI=1S/C15H32ClN/c1-2-3-4-5-6-8-11-14-17-15-12-9-7-10-13-16/h17H,2-15H2,1H3. The summed E-state index contributed by atoms with van der Waals surface area (Å²) in [6.45, 7) is 4.68. The number of rotatable bonds is 14. The van der Waals surface area contributed by atoms with Crippen LogP contribution in [0.5, 0.6) is 0 Å². The van der Waals surface area contributed by atoms with E-state index in [1.165, 1.54) is 83.7 Å². The summed E-state index contributed by atoms with van der Waals surface area (Å²) < 4.78 is 0. The maximum atomic E-state index is 5.63. The molecule has 0 aliphatic rings. The largest absolute Gasteiger partial charge is 0.317 e. The summed E-state index contributed by atoms with van der Waals surface area (Å²) in [6, 6.07) is 0. The summed E-state index contributed by atoms with van der Waals surface area (Å²) in [4.78, 5) is 0. The zero-order chi connectivity index (χ0) is 12.6. The van der Waals surface area contributed by atoms with E-state index in [0.29, 0.717) is 0 Å². The highest BCUT2D eigenvalue weighted by atomic mass is 35.5. The molecule has 17 heavy (non-hydrogen) atoms. The maximum Gasteiger partial charge on any atom is 0.0223 e. The van der Waals surface area contributed by atoms with E-state index < -0.39 is 0 Å². The van der Waals surface area contributed by atoms with Gasteiger partial charge >= 0.3 is 0 Å². The van der Waals surface area contributed by atoms with Gasteiger partial charge in [-0.3, -0.25) is 0 Å². The molecule has 0 saturated carbocycles. The van der Waals surface area contributed by atoms with Crippen LogP contribution < -0.4 is 5.32 Å². The smallest absolute Gasteiger partial charge is 0.0223 e. The van der Waals surface area contributed by atoms with Crippen molar-refractivity contribution in [1.29, 1.82) is 0 Å². The third kappa shape index (κ3) is 16.2. The number of nitrogens with one attached hydrogen (secondary N) is 1. The quantitative estimate of drug-likeness (QED) is 0.338.